The highest BCUT2D eigenvalue weighted by Crippen LogP contribution is 2.40. The fourth-order valence-electron chi connectivity index (χ4n) is 4.03. The fraction of sp³-hybridized carbons (Fsp3) is 0.333. The zero-order valence-corrected chi connectivity index (χ0v) is 17.2. The average Bonchev–Trinajstić information content (AvgIpc) is 3.11. The van der Waals surface area contributed by atoms with Gasteiger partial charge in [-0.2, -0.15) is 0 Å². The molecule has 0 radical (unpaired) electrons. The minimum absolute atomic E-state index is 0.267. The van der Waals surface area contributed by atoms with Crippen LogP contribution in [-0.4, -0.2) is 22.1 Å². The Morgan fingerprint density at radius 2 is 1.86 bits per heavy atom. The molecular formula is C24H27N3O2. The van der Waals surface area contributed by atoms with Crippen molar-refractivity contribution in [1.82, 2.24) is 9.55 Å². The number of benzene rings is 2. The second kappa shape index (κ2) is 8.11. The van der Waals surface area contributed by atoms with E-state index in [1.54, 1.807) is 0 Å². The number of fused-ring (bicyclic) bond motifs is 3. The molecule has 3 aromatic rings. The van der Waals surface area contributed by atoms with Gasteiger partial charge in [0.25, 0.3) is 0 Å². The molecule has 0 saturated carbocycles. The van der Waals surface area contributed by atoms with Crippen LogP contribution in [0.5, 0.6) is 0 Å². The van der Waals surface area contributed by atoms with Crippen molar-refractivity contribution in [2.45, 2.75) is 46.1 Å². The van der Waals surface area contributed by atoms with E-state index in [0.717, 1.165) is 47.5 Å². The van der Waals surface area contributed by atoms with Crippen LogP contribution in [0.15, 0.2) is 59.8 Å². The van der Waals surface area contributed by atoms with Gasteiger partial charge in [-0.1, -0.05) is 56.7 Å². The molecule has 0 spiro atoms. The van der Waals surface area contributed by atoms with Gasteiger partial charge in [0.05, 0.1) is 29.3 Å². The molecule has 0 amide bonds. The molecule has 0 saturated heterocycles. The summed E-state index contributed by atoms with van der Waals surface area (Å²) in [6.45, 7) is 6.45. The van der Waals surface area contributed by atoms with E-state index in [9.17, 15) is 4.79 Å². The van der Waals surface area contributed by atoms with Crippen molar-refractivity contribution >= 4 is 23.0 Å². The molecule has 1 atom stereocenters. The lowest BCUT2D eigenvalue weighted by Crippen LogP contribution is -2.29. The van der Waals surface area contributed by atoms with Gasteiger partial charge in [0.15, 0.2) is 0 Å². The summed E-state index contributed by atoms with van der Waals surface area (Å²) in [5.74, 6) is 0.503. The van der Waals surface area contributed by atoms with Crippen LogP contribution in [-0.2, 0) is 16.0 Å². The second-order valence-electron chi connectivity index (χ2n) is 7.28. The van der Waals surface area contributed by atoms with Crippen LogP contribution in [0.3, 0.4) is 0 Å². The van der Waals surface area contributed by atoms with Crippen molar-refractivity contribution < 1.29 is 9.53 Å². The van der Waals surface area contributed by atoms with Crippen molar-refractivity contribution in [1.29, 1.82) is 0 Å². The molecule has 0 aliphatic carbocycles. The molecule has 4 rings (SSSR count). The Hall–Kier alpha value is -3.08. The molecule has 5 nitrogen and oxygen atoms in total. The van der Waals surface area contributed by atoms with Crippen molar-refractivity contribution in [3.05, 3.63) is 70.9 Å². The van der Waals surface area contributed by atoms with Crippen molar-refractivity contribution in [3.8, 4) is 0 Å². The Kier molecular flexibility index (Phi) is 5.38. The quantitative estimate of drug-likeness (QED) is 0.587. The lowest BCUT2D eigenvalue weighted by molar-refractivity contribution is -0.139. The predicted molar refractivity (Wildman–Crippen MR) is 116 cm³/mol. The number of nitrogens with one attached hydrogen (secondary N) is 1. The van der Waals surface area contributed by atoms with E-state index < -0.39 is 0 Å². The van der Waals surface area contributed by atoms with E-state index in [0.29, 0.717) is 12.2 Å². The summed E-state index contributed by atoms with van der Waals surface area (Å²) in [5.41, 5.74) is 5.81. The molecule has 0 fully saturated rings. The number of rotatable bonds is 6. The van der Waals surface area contributed by atoms with Crippen LogP contribution in [0.25, 0.3) is 11.0 Å². The number of imidazole rings is 1. The van der Waals surface area contributed by atoms with Crippen LogP contribution in [0.2, 0.25) is 0 Å². The third-order valence-electron chi connectivity index (χ3n) is 5.41. The summed E-state index contributed by atoms with van der Waals surface area (Å²) in [5, 5.41) is 3.43. The van der Waals surface area contributed by atoms with Crippen molar-refractivity contribution in [2.24, 2.45) is 0 Å². The maximum absolute atomic E-state index is 13.1. The Labute approximate surface area is 171 Å². The minimum atomic E-state index is -0.273. The first kappa shape index (κ1) is 19.2. The maximum atomic E-state index is 13.1. The lowest BCUT2D eigenvalue weighted by atomic mass is 9.92. The van der Waals surface area contributed by atoms with Gasteiger partial charge >= 0.3 is 5.97 Å². The standard InChI is InChI=1S/C24H27N3O2/c1-4-9-19-21(23(28)29-6-3)22(17-14-12-16(5-2)13-15-17)27-20-11-8-7-10-18(20)25-24(27)26-19/h7-8,10-15,22H,4-6,9H2,1-3H3,(H,25,26)/t22-/m0/s1. The molecule has 150 valence electrons. The number of anilines is 1. The van der Waals surface area contributed by atoms with Crippen molar-refractivity contribution in [2.75, 3.05) is 11.9 Å². The zero-order chi connectivity index (χ0) is 20.4. The average molecular weight is 389 g/mol. The monoisotopic (exact) mass is 389 g/mol. The number of carbonyl (C=O) groups excluding carboxylic acids is 1. The first-order valence-corrected chi connectivity index (χ1v) is 10.4. The minimum Gasteiger partial charge on any atom is -0.463 e. The molecule has 1 N–H and O–H groups in total. The fourth-order valence-corrected chi connectivity index (χ4v) is 4.03. The first-order valence-electron chi connectivity index (χ1n) is 10.4. The SMILES string of the molecule is CCCC1=C(C(=O)OCC)[C@H](c2ccc(CC)cc2)n2c(nc3ccccc32)N1. The Bertz CT molecular complexity index is 1060. The van der Waals surface area contributed by atoms with Gasteiger partial charge in [0.2, 0.25) is 5.95 Å². The number of hydrogen-bond donors (Lipinski definition) is 1. The van der Waals surface area contributed by atoms with Crippen molar-refractivity contribution in [3.63, 3.8) is 0 Å². The molecule has 29 heavy (non-hydrogen) atoms. The number of aromatic nitrogens is 2. The number of hydrogen-bond acceptors (Lipinski definition) is 4. The van der Waals surface area contributed by atoms with Gasteiger partial charge in [0.1, 0.15) is 0 Å². The Morgan fingerprint density at radius 3 is 2.55 bits per heavy atom. The zero-order valence-electron chi connectivity index (χ0n) is 17.2. The lowest BCUT2D eigenvalue weighted by Gasteiger charge is -2.31. The van der Waals surface area contributed by atoms with Gasteiger partial charge in [-0.3, -0.25) is 4.57 Å². The summed E-state index contributed by atoms with van der Waals surface area (Å²) in [6, 6.07) is 16.3. The number of aryl methyl sites for hydroxylation is 1. The molecule has 2 heterocycles. The Balaban J connectivity index is 1.96. The second-order valence-corrected chi connectivity index (χ2v) is 7.28. The van der Waals surface area contributed by atoms with Crippen LogP contribution in [0.1, 0.15) is 50.8 Å². The molecule has 1 aliphatic rings. The normalized spacial score (nSPS) is 15.9. The highest BCUT2D eigenvalue weighted by molar-refractivity contribution is 5.94. The molecule has 1 aliphatic heterocycles. The number of ether oxygens (including phenoxy) is 1. The number of allylic oxidation sites excluding steroid dienone is 1. The van der Waals surface area contributed by atoms with Gasteiger partial charge < -0.3 is 10.1 Å². The highest BCUT2D eigenvalue weighted by atomic mass is 16.5. The van der Waals surface area contributed by atoms with Gasteiger partial charge in [-0.05, 0) is 43.0 Å². The number of esters is 1. The van der Waals surface area contributed by atoms with E-state index in [4.69, 9.17) is 9.72 Å². The van der Waals surface area contributed by atoms with Crippen LogP contribution in [0, 0.1) is 0 Å². The summed E-state index contributed by atoms with van der Waals surface area (Å²) in [7, 11) is 0. The number of nitrogens with zero attached hydrogens (tertiary/aromatic N) is 2. The predicted octanol–water partition coefficient (Wildman–Crippen LogP) is 5.23. The van der Waals surface area contributed by atoms with E-state index in [1.807, 2.05) is 25.1 Å². The summed E-state index contributed by atoms with van der Waals surface area (Å²) in [4.78, 5) is 17.9. The summed E-state index contributed by atoms with van der Waals surface area (Å²) in [6.07, 6.45) is 2.67. The third kappa shape index (κ3) is 3.41. The smallest absolute Gasteiger partial charge is 0.338 e. The molecule has 1 aromatic heterocycles. The third-order valence-corrected chi connectivity index (χ3v) is 5.41. The van der Waals surface area contributed by atoms with Gasteiger partial charge in [0, 0.05) is 5.70 Å². The topological polar surface area (TPSA) is 56.2 Å². The van der Waals surface area contributed by atoms with E-state index in [-0.39, 0.29) is 12.0 Å². The van der Waals surface area contributed by atoms with Gasteiger partial charge in [-0.15, -0.1) is 0 Å². The largest absolute Gasteiger partial charge is 0.463 e. The van der Waals surface area contributed by atoms with Gasteiger partial charge in [-0.25, -0.2) is 9.78 Å². The van der Waals surface area contributed by atoms with E-state index >= 15 is 0 Å². The van der Waals surface area contributed by atoms with Crippen LogP contribution in [0.4, 0.5) is 5.95 Å². The van der Waals surface area contributed by atoms with Crippen LogP contribution < -0.4 is 5.32 Å². The number of para-hydroxylation sites is 2. The highest BCUT2D eigenvalue weighted by Gasteiger charge is 2.35. The molecule has 0 bridgehead atoms. The molecule has 2 aromatic carbocycles. The first-order chi connectivity index (χ1) is 14.2. The number of carbonyl (C=O) groups is 1. The molecule has 5 heteroatoms. The summed E-state index contributed by atoms with van der Waals surface area (Å²) >= 11 is 0. The molecule has 0 unspecified atom stereocenters. The summed E-state index contributed by atoms with van der Waals surface area (Å²) < 4.78 is 7.61. The maximum Gasteiger partial charge on any atom is 0.338 e. The van der Waals surface area contributed by atoms with E-state index in [2.05, 4.69) is 54.1 Å². The Morgan fingerprint density at radius 1 is 1.10 bits per heavy atom. The van der Waals surface area contributed by atoms with Crippen LogP contribution >= 0.6 is 0 Å². The molecular weight excluding hydrogens is 362 g/mol. The van der Waals surface area contributed by atoms with E-state index in [1.165, 1.54) is 5.56 Å².